The van der Waals surface area contributed by atoms with E-state index in [0.29, 0.717) is 5.31 Å². The first-order chi connectivity index (χ1) is 19.0. The molecular formula is C33H31NO4P+. The van der Waals surface area contributed by atoms with E-state index in [1.54, 1.807) is 0 Å². The number of aryl methyl sites for hydroxylation is 1. The molecule has 5 aromatic rings. The lowest BCUT2D eigenvalue weighted by Gasteiger charge is -2.33. The zero-order valence-electron chi connectivity index (χ0n) is 22.2. The molecule has 0 fully saturated rings. The van der Waals surface area contributed by atoms with E-state index in [1.165, 1.54) is 14.2 Å². The van der Waals surface area contributed by atoms with Crippen molar-refractivity contribution in [1.82, 2.24) is 4.57 Å². The fourth-order valence-corrected chi connectivity index (χ4v) is 10.0. The molecule has 5 rings (SSSR count). The molecule has 0 amide bonds. The van der Waals surface area contributed by atoms with Gasteiger partial charge in [0, 0.05) is 11.2 Å². The van der Waals surface area contributed by atoms with Crippen LogP contribution in [0.1, 0.15) is 11.7 Å². The van der Waals surface area contributed by atoms with Crippen LogP contribution >= 0.6 is 7.26 Å². The second-order valence-electron chi connectivity index (χ2n) is 9.21. The summed E-state index contributed by atoms with van der Waals surface area (Å²) in [7, 11) is -0.104. The zero-order valence-corrected chi connectivity index (χ0v) is 23.1. The second kappa shape index (κ2) is 11.2. The number of aliphatic hydroxyl groups excluding tert-OH is 1. The van der Waals surface area contributed by atoms with Gasteiger partial charge >= 0.3 is 11.9 Å². The van der Waals surface area contributed by atoms with E-state index in [9.17, 15) is 9.90 Å². The number of carbonyl (C=O) groups excluding carboxylic acids is 1. The first kappa shape index (κ1) is 26.3. The molecule has 1 aromatic heterocycles. The number of aromatic nitrogens is 1. The molecule has 4 aromatic carbocycles. The standard InChI is InChI=1S/C33H30NO4P/c1-24-23-25-15-13-14-22-29(25)34(24)30(32(35)37-2)31(33(36)38-3)39(26-16-7-4-8-17-26,27-18-9-5-10-19-27)28-20-11-6-12-21-28/h4-23,30H,1-3H3/p+1/b33-31-. The van der Waals surface area contributed by atoms with Crippen molar-refractivity contribution in [3.63, 3.8) is 0 Å². The molecule has 0 saturated heterocycles. The van der Waals surface area contributed by atoms with Gasteiger partial charge in [0.2, 0.25) is 5.31 Å². The molecule has 1 unspecified atom stereocenters. The van der Waals surface area contributed by atoms with Crippen molar-refractivity contribution in [3.05, 3.63) is 138 Å². The van der Waals surface area contributed by atoms with Gasteiger partial charge in [-0.05, 0) is 60.8 Å². The van der Waals surface area contributed by atoms with Crippen LogP contribution in [-0.2, 0) is 14.3 Å². The fraction of sp³-hybridized carbons (Fsp3) is 0.121. The molecule has 1 atom stereocenters. The molecule has 196 valence electrons. The number of carbonyl (C=O) groups is 1. The van der Waals surface area contributed by atoms with Crippen molar-refractivity contribution in [2.24, 2.45) is 0 Å². The van der Waals surface area contributed by atoms with E-state index in [4.69, 9.17) is 9.47 Å². The normalized spacial score (nSPS) is 13.0. The highest BCUT2D eigenvalue weighted by molar-refractivity contribution is 7.99. The quantitative estimate of drug-likeness (QED) is 0.149. The van der Waals surface area contributed by atoms with Crippen LogP contribution in [0.25, 0.3) is 10.9 Å². The van der Waals surface area contributed by atoms with Crippen LogP contribution in [0.3, 0.4) is 0 Å². The Labute approximate surface area is 229 Å². The van der Waals surface area contributed by atoms with Gasteiger partial charge in [-0.1, -0.05) is 72.8 Å². The van der Waals surface area contributed by atoms with Crippen LogP contribution in [0.15, 0.2) is 133 Å². The highest BCUT2D eigenvalue weighted by atomic mass is 31.2. The van der Waals surface area contributed by atoms with Crippen LogP contribution in [0.4, 0.5) is 0 Å². The molecule has 39 heavy (non-hydrogen) atoms. The van der Waals surface area contributed by atoms with E-state index in [2.05, 4.69) is 36.4 Å². The summed E-state index contributed by atoms with van der Waals surface area (Å²) in [6, 6.07) is 39.1. The monoisotopic (exact) mass is 536 g/mol. The highest BCUT2D eigenvalue weighted by Gasteiger charge is 2.57. The SMILES string of the molecule is COC(=O)C(/C(=C(\O)OC)[P+](c1ccccc1)(c1ccccc1)c1ccccc1)n1c(C)cc2ccccc21. The third-order valence-corrected chi connectivity index (χ3v) is 11.5. The average Bonchev–Trinajstić information content (AvgIpc) is 3.33. The fourth-order valence-electron chi connectivity index (χ4n) is 5.47. The number of aliphatic hydroxyl groups is 1. The lowest BCUT2D eigenvalue weighted by atomic mass is 10.2. The van der Waals surface area contributed by atoms with Crippen LogP contribution in [0, 0.1) is 6.92 Å². The van der Waals surface area contributed by atoms with E-state index < -0.39 is 19.3 Å². The zero-order chi connectivity index (χ0) is 27.4. The van der Waals surface area contributed by atoms with Crippen LogP contribution < -0.4 is 15.9 Å². The molecule has 1 heterocycles. The van der Waals surface area contributed by atoms with Gasteiger partial charge in [-0.25, -0.2) is 4.79 Å². The largest absolute Gasteiger partial charge is 0.478 e. The Hall–Kier alpha value is -4.34. The van der Waals surface area contributed by atoms with Crippen LogP contribution in [-0.4, -0.2) is 29.9 Å². The molecule has 5 nitrogen and oxygen atoms in total. The lowest BCUT2D eigenvalue weighted by molar-refractivity contribution is -0.143. The summed E-state index contributed by atoms with van der Waals surface area (Å²) in [6.07, 6.45) is 0. The predicted octanol–water partition coefficient (Wildman–Crippen LogP) is 6.03. The van der Waals surface area contributed by atoms with Gasteiger partial charge < -0.3 is 19.1 Å². The Bertz CT molecular complexity index is 1510. The van der Waals surface area contributed by atoms with E-state index >= 15 is 0 Å². The lowest BCUT2D eigenvalue weighted by Crippen LogP contribution is -2.38. The third kappa shape index (κ3) is 4.49. The van der Waals surface area contributed by atoms with Crippen molar-refractivity contribution in [2.75, 3.05) is 14.2 Å². The maximum Gasteiger partial charge on any atom is 0.337 e. The second-order valence-corrected chi connectivity index (χ2v) is 12.6. The number of benzene rings is 4. The third-order valence-electron chi connectivity index (χ3n) is 7.09. The number of rotatable bonds is 8. The topological polar surface area (TPSA) is 60.7 Å². The highest BCUT2D eigenvalue weighted by Crippen LogP contribution is 2.66. The van der Waals surface area contributed by atoms with Gasteiger partial charge in [-0.15, -0.1) is 0 Å². The molecule has 0 aliphatic heterocycles. The number of esters is 1. The van der Waals surface area contributed by atoms with E-state index in [0.717, 1.165) is 32.5 Å². The molecule has 0 aliphatic carbocycles. The Morgan fingerprint density at radius 2 is 1.18 bits per heavy atom. The number of nitrogens with zero attached hydrogens (tertiary/aromatic N) is 1. The summed E-state index contributed by atoms with van der Waals surface area (Å²) in [5.74, 6) is -0.794. The summed E-state index contributed by atoms with van der Waals surface area (Å²) in [5.41, 5.74) is 1.72. The van der Waals surface area contributed by atoms with Crippen molar-refractivity contribution >= 4 is 40.0 Å². The van der Waals surface area contributed by atoms with Crippen molar-refractivity contribution in [2.45, 2.75) is 13.0 Å². The Kier molecular flexibility index (Phi) is 7.53. The van der Waals surface area contributed by atoms with Crippen molar-refractivity contribution in [1.29, 1.82) is 0 Å². The molecule has 0 spiro atoms. The number of ether oxygens (including phenoxy) is 2. The Balaban J connectivity index is 1.99. The molecule has 0 saturated carbocycles. The minimum Gasteiger partial charge on any atom is -0.478 e. The Morgan fingerprint density at radius 3 is 1.64 bits per heavy atom. The summed E-state index contributed by atoms with van der Waals surface area (Å²) >= 11 is 0. The summed E-state index contributed by atoms with van der Waals surface area (Å²) in [4.78, 5) is 14.0. The van der Waals surface area contributed by atoms with Crippen molar-refractivity contribution < 1.29 is 19.4 Å². The minimum atomic E-state index is -2.92. The number of hydrogen-bond acceptors (Lipinski definition) is 4. The molecular weight excluding hydrogens is 505 g/mol. The smallest absolute Gasteiger partial charge is 0.337 e. The summed E-state index contributed by atoms with van der Waals surface area (Å²) < 4.78 is 13.1. The molecule has 0 radical (unpaired) electrons. The number of fused-ring (bicyclic) bond motifs is 1. The average molecular weight is 537 g/mol. The number of para-hydroxylation sites is 1. The number of methoxy groups -OCH3 is 2. The van der Waals surface area contributed by atoms with Gasteiger partial charge in [0.05, 0.1) is 14.2 Å². The van der Waals surface area contributed by atoms with Gasteiger partial charge in [0.1, 0.15) is 15.9 Å². The van der Waals surface area contributed by atoms with Crippen LogP contribution in [0.2, 0.25) is 0 Å². The van der Waals surface area contributed by atoms with Gasteiger partial charge in [0.15, 0.2) is 13.3 Å². The van der Waals surface area contributed by atoms with Gasteiger partial charge in [0.25, 0.3) is 0 Å². The molecule has 1 N–H and O–H groups in total. The first-order valence-electron chi connectivity index (χ1n) is 12.7. The number of hydrogen-bond donors (Lipinski definition) is 1. The summed E-state index contributed by atoms with van der Waals surface area (Å²) in [5, 5.41) is 16.2. The van der Waals surface area contributed by atoms with E-state index in [1.807, 2.05) is 96.4 Å². The van der Waals surface area contributed by atoms with Crippen molar-refractivity contribution in [3.8, 4) is 0 Å². The molecule has 0 bridgehead atoms. The maximum atomic E-state index is 14.0. The first-order valence-corrected chi connectivity index (χ1v) is 14.5. The predicted molar refractivity (Wildman–Crippen MR) is 160 cm³/mol. The minimum absolute atomic E-state index is 0.299. The Morgan fingerprint density at radius 1 is 0.718 bits per heavy atom. The maximum absolute atomic E-state index is 14.0. The van der Waals surface area contributed by atoms with Gasteiger partial charge in [-0.2, -0.15) is 0 Å². The molecule has 6 heteroatoms. The van der Waals surface area contributed by atoms with E-state index in [-0.39, 0.29) is 5.95 Å². The molecule has 0 aliphatic rings. The van der Waals surface area contributed by atoms with Gasteiger partial charge in [-0.3, -0.25) is 0 Å². The summed E-state index contributed by atoms with van der Waals surface area (Å²) in [6.45, 7) is 1.96. The van der Waals surface area contributed by atoms with Crippen LogP contribution in [0.5, 0.6) is 0 Å².